The van der Waals surface area contributed by atoms with Gasteiger partial charge in [-0.1, -0.05) is 102 Å². The van der Waals surface area contributed by atoms with Crippen LogP contribution in [0.15, 0.2) is 91.0 Å². The minimum Gasteiger partial charge on any atom is -0.438 e. The average Bonchev–Trinajstić information content (AvgIpc) is 3.10. The van der Waals surface area contributed by atoms with Crippen LogP contribution < -0.4 is 22.6 Å². The topological polar surface area (TPSA) is 63.2 Å². The van der Waals surface area contributed by atoms with E-state index in [1.165, 1.54) is 0 Å². The van der Waals surface area contributed by atoms with Gasteiger partial charge in [-0.25, -0.2) is 0 Å². The van der Waals surface area contributed by atoms with Gasteiger partial charge in [-0.15, -0.1) is 0 Å². The van der Waals surface area contributed by atoms with Gasteiger partial charge in [0.25, 0.3) is 8.38 Å². The summed E-state index contributed by atoms with van der Waals surface area (Å²) in [6.45, 7) is 23.0. The SMILES string of the molecule is Cc1ccc(C(C)C)c(OP(C)Oc2cccc(Cc3cccc(OP(Oc4cc(C)ccc4C(C)C)Oc4cc(C)ccc4C(C)C)c3C=O)c2C)c1. The highest BCUT2D eigenvalue weighted by Crippen LogP contribution is 2.48. The van der Waals surface area contributed by atoms with Crippen LogP contribution in [0.5, 0.6) is 28.7 Å². The number of aldehydes is 1. The quantitative estimate of drug-likeness (QED) is 0.0736. The van der Waals surface area contributed by atoms with Crippen LogP contribution in [0.1, 0.15) is 120 Å². The van der Waals surface area contributed by atoms with Crippen molar-refractivity contribution in [2.24, 2.45) is 0 Å². The van der Waals surface area contributed by atoms with Crippen molar-refractivity contribution in [1.82, 2.24) is 0 Å². The molecule has 0 radical (unpaired) electrons. The molecule has 54 heavy (non-hydrogen) atoms. The second-order valence-electron chi connectivity index (χ2n) is 14.9. The number of benzene rings is 5. The van der Waals surface area contributed by atoms with E-state index in [9.17, 15) is 4.79 Å². The van der Waals surface area contributed by atoms with Crippen molar-refractivity contribution in [3.63, 3.8) is 0 Å². The Morgan fingerprint density at radius 2 is 0.926 bits per heavy atom. The molecule has 284 valence electrons. The molecular weight excluding hydrogens is 710 g/mol. The number of hydrogen-bond donors (Lipinski definition) is 0. The maximum Gasteiger partial charge on any atom is 0.530 e. The van der Waals surface area contributed by atoms with E-state index in [1.54, 1.807) is 6.07 Å². The van der Waals surface area contributed by atoms with Gasteiger partial charge in [0, 0.05) is 6.66 Å². The lowest BCUT2D eigenvalue weighted by Crippen LogP contribution is -2.08. The molecule has 0 N–H and O–H groups in total. The number of carbonyl (C=O) groups is 1. The Bertz CT molecular complexity index is 2010. The second-order valence-corrected chi connectivity index (χ2v) is 17.1. The molecule has 0 spiro atoms. The Morgan fingerprint density at radius 3 is 1.39 bits per heavy atom. The predicted octanol–water partition coefficient (Wildman–Crippen LogP) is 13.9. The highest BCUT2D eigenvalue weighted by Gasteiger charge is 2.26. The van der Waals surface area contributed by atoms with Crippen molar-refractivity contribution in [2.45, 2.75) is 93.4 Å². The number of rotatable bonds is 16. The minimum atomic E-state index is -2.03. The van der Waals surface area contributed by atoms with Crippen LogP contribution in [0.25, 0.3) is 0 Å². The standard InChI is InChI=1S/C46H54O6P2/c1-29(2)38-21-18-32(7)24-44(38)49-53(11)48-42-16-12-14-36(35(42)10)27-37-15-13-17-43(41(37)28-47)50-54(51-45-25-33(8)19-22-39(45)30(3)4)52-46-26-34(9)20-23-40(46)31(5)6/h12-26,28-31H,27H2,1-11H3. The molecule has 0 saturated heterocycles. The van der Waals surface area contributed by atoms with E-state index in [0.717, 1.165) is 67.9 Å². The first kappa shape index (κ1) is 40.8. The van der Waals surface area contributed by atoms with Crippen LogP contribution in [0.4, 0.5) is 0 Å². The zero-order valence-corrected chi connectivity index (χ0v) is 35.3. The summed E-state index contributed by atoms with van der Waals surface area (Å²) in [7, 11) is -3.29. The highest BCUT2D eigenvalue weighted by molar-refractivity contribution is 7.47. The van der Waals surface area contributed by atoms with Crippen LogP contribution in [-0.4, -0.2) is 13.0 Å². The summed E-state index contributed by atoms with van der Waals surface area (Å²) in [6, 6.07) is 30.4. The second kappa shape index (κ2) is 18.3. The number of carbonyl (C=O) groups excluding carboxylic acids is 1. The molecule has 1 unspecified atom stereocenters. The van der Waals surface area contributed by atoms with Crippen molar-refractivity contribution in [3.05, 3.63) is 147 Å². The van der Waals surface area contributed by atoms with Gasteiger partial charge in [0.2, 0.25) is 0 Å². The van der Waals surface area contributed by atoms with Gasteiger partial charge >= 0.3 is 8.60 Å². The fraction of sp³-hybridized carbons (Fsp3) is 0.326. The zero-order valence-electron chi connectivity index (χ0n) is 33.5. The van der Waals surface area contributed by atoms with E-state index in [2.05, 4.69) is 97.0 Å². The maximum absolute atomic E-state index is 12.9. The largest absolute Gasteiger partial charge is 0.530 e. The summed E-state index contributed by atoms with van der Waals surface area (Å²) < 4.78 is 32.7. The van der Waals surface area contributed by atoms with E-state index in [1.807, 2.05) is 63.8 Å². The van der Waals surface area contributed by atoms with Gasteiger partial charge in [0.1, 0.15) is 28.7 Å². The van der Waals surface area contributed by atoms with Crippen molar-refractivity contribution in [2.75, 3.05) is 6.66 Å². The summed E-state index contributed by atoms with van der Waals surface area (Å²) in [4.78, 5) is 12.9. The lowest BCUT2D eigenvalue weighted by molar-refractivity contribution is 0.112. The van der Waals surface area contributed by atoms with Crippen LogP contribution in [0.2, 0.25) is 0 Å². The highest BCUT2D eigenvalue weighted by atomic mass is 31.2. The van der Waals surface area contributed by atoms with Crippen molar-refractivity contribution >= 4 is 23.3 Å². The molecule has 6 nitrogen and oxygen atoms in total. The Morgan fingerprint density at radius 1 is 0.519 bits per heavy atom. The molecule has 5 aromatic carbocycles. The third-order valence-corrected chi connectivity index (χ3v) is 11.3. The van der Waals surface area contributed by atoms with E-state index in [-0.39, 0.29) is 11.8 Å². The first-order valence-corrected chi connectivity index (χ1v) is 21.4. The third-order valence-electron chi connectivity index (χ3n) is 9.40. The molecule has 8 heteroatoms. The minimum absolute atomic E-state index is 0.218. The van der Waals surface area contributed by atoms with Crippen LogP contribution in [0, 0.1) is 27.7 Å². The molecule has 0 heterocycles. The van der Waals surface area contributed by atoms with Gasteiger partial charge in [0.05, 0.1) is 5.56 Å². The van der Waals surface area contributed by atoms with Gasteiger partial charge in [-0.3, -0.25) is 4.79 Å². The third kappa shape index (κ3) is 10.2. The molecule has 0 aliphatic rings. The normalized spacial score (nSPS) is 12.0. The first-order valence-electron chi connectivity index (χ1n) is 18.6. The molecule has 0 aliphatic carbocycles. The summed E-state index contributed by atoms with van der Waals surface area (Å²) in [5.41, 5.74) is 9.84. The lowest BCUT2D eigenvalue weighted by Gasteiger charge is -2.23. The van der Waals surface area contributed by atoms with Crippen LogP contribution in [-0.2, 0) is 6.42 Å². The zero-order chi connectivity index (χ0) is 39.1. The molecule has 0 amide bonds. The molecule has 0 bridgehead atoms. The van der Waals surface area contributed by atoms with Crippen molar-refractivity contribution in [1.29, 1.82) is 0 Å². The average molecular weight is 765 g/mol. The van der Waals surface area contributed by atoms with Crippen molar-refractivity contribution in [3.8, 4) is 28.7 Å². The van der Waals surface area contributed by atoms with Gasteiger partial charge in [0.15, 0.2) is 6.29 Å². The number of hydrogen-bond acceptors (Lipinski definition) is 6. The molecule has 0 aromatic heterocycles. The van der Waals surface area contributed by atoms with Crippen LogP contribution in [0.3, 0.4) is 0 Å². The molecular formula is C46H54O6P2. The summed E-state index contributed by atoms with van der Waals surface area (Å²) in [5.74, 6) is 4.19. The van der Waals surface area contributed by atoms with E-state index in [0.29, 0.717) is 35.2 Å². The molecule has 0 aliphatic heterocycles. The Balaban J connectivity index is 1.44. The predicted molar refractivity (Wildman–Crippen MR) is 225 cm³/mol. The van der Waals surface area contributed by atoms with E-state index in [4.69, 9.17) is 22.6 Å². The monoisotopic (exact) mass is 764 g/mol. The molecule has 5 aromatic rings. The van der Waals surface area contributed by atoms with E-state index < -0.39 is 17.0 Å². The smallest absolute Gasteiger partial charge is 0.438 e. The maximum atomic E-state index is 12.9. The number of aryl methyl sites for hydroxylation is 3. The Labute approximate surface area is 325 Å². The molecule has 0 fully saturated rings. The van der Waals surface area contributed by atoms with Crippen molar-refractivity contribution < 1.29 is 27.4 Å². The fourth-order valence-electron chi connectivity index (χ4n) is 6.30. The molecule has 5 rings (SSSR count). The fourth-order valence-corrected chi connectivity index (χ4v) is 8.31. The molecule has 0 saturated carbocycles. The Hall–Kier alpha value is -4.37. The van der Waals surface area contributed by atoms with Gasteiger partial charge < -0.3 is 22.6 Å². The lowest BCUT2D eigenvalue weighted by atomic mass is 9.96. The summed E-state index contributed by atoms with van der Waals surface area (Å²) >= 11 is 0. The van der Waals surface area contributed by atoms with Gasteiger partial charge in [-0.2, -0.15) is 0 Å². The molecule has 1 atom stereocenters. The van der Waals surface area contributed by atoms with Crippen LogP contribution >= 0.6 is 17.0 Å². The first-order chi connectivity index (χ1) is 25.7. The summed E-state index contributed by atoms with van der Waals surface area (Å²) in [6.07, 6.45) is 1.36. The van der Waals surface area contributed by atoms with Gasteiger partial charge in [-0.05, 0) is 132 Å². The summed E-state index contributed by atoms with van der Waals surface area (Å²) in [5, 5.41) is 0. The Kier molecular flexibility index (Phi) is 13.8. The van der Waals surface area contributed by atoms with E-state index >= 15 is 0 Å².